The molecule has 4 rings (SSSR count). The van der Waals surface area contributed by atoms with E-state index in [-0.39, 0.29) is 11.8 Å². The van der Waals surface area contributed by atoms with Crippen molar-refractivity contribution in [3.8, 4) is 0 Å². The normalized spacial score (nSPS) is 17.8. The number of piperidine rings is 1. The summed E-state index contributed by atoms with van der Waals surface area (Å²) in [5, 5.41) is 9.23. The molecular formula is C26H32IN5O2. The predicted molar refractivity (Wildman–Crippen MR) is 146 cm³/mol. The molecule has 1 saturated heterocycles. The van der Waals surface area contributed by atoms with E-state index in [0.29, 0.717) is 16.7 Å². The largest absolute Gasteiger partial charge is 0.372 e. The number of benzene rings is 2. The number of carbonyl (C=O) groups is 2. The van der Waals surface area contributed by atoms with Crippen LogP contribution in [-0.2, 0) is 4.79 Å². The number of amides is 2. The molecule has 2 aromatic carbocycles. The van der Waals surface area contributed by atoms with Gasteiger partial charge in [0.2, 0.25) is 0 Å². The molecule has 0 saturated carbocycles. The molecule has 7 nitrogen and oxygen atoms in total. The Morgan fingerprint density at radius 1 is 1.06 bits per heavy atom. The Morgan fingerprint density at radius 2 is 1.79 bits per heavy atom. The quantitative estimate of drug-likeness (QED) is 0.195. The Kier molecular flexibility index (Phi) is 8.23. The van der Waals surface area contributed by atoms with Crippen LogP contribution >= 0.6 is 22.6 Å². The zero-order valence-corrected chi connectivity index (χ0v) is 21.9. The third-order valence-corrected chi connectivity index (χ3v) is 7.06. The van der Waals surface area contributed by atoms with E-state index < -0.39 is 0 Å². The van der Waals surface area contributed by atoms with Crippen LogP contribution in [0.1, 0.15) is 28.8 Å². The Labute approximate surface area is 215 Å². The maximum Gasteiger partial charge on any atom is 0.260 e. The summed E-state index contributed by atoms with van der Waals surface area (Å²) in [5.74, 6) is -0.000787. The van der Waals surface area contributed by atoms with Crippen LogP contribution in [0.3, 0.4) is 0 Å². The second kappa shape index (κ2) is 11.3. The van der Waals surface area contributed by atoms with Gasteiger partial charge >= 0.3 is 0 Å². The molecule has 1 fully saturated rings. The van der Waals surface area contributed by atoms with Crippen LogP contribution in [0.5, 0.6) is 0 Å². The van der Waals surface area contributed by atoms with Gasteiger partial charge < -0.3 is 20.4 Å². The zero-order chi connectivity index (χ0) is 24.1. The Hall–Kier alpha value is -2.43. The van der Waals surface area contributed by atoms with Crippen molar-refractivity contribution in [1.82, 2.24) is 15.5 Å². The average molecular weight is 573 g/mol. The van der Waals surface area contributed by atoms with E-state index in [4.69, 9.17) is 0 Å². The first-order valence-electron chi connectivity index (χ1n) is 11.7. The van der Waals surface area contributed by atoms with Crippen molar-refractivity contribution >= 4 is 51.4 Å². The summed E-state index contributed by atoms with van der Waals surface area (Å²) in [6.07, 6.45) is 4.08. The second-order valence-corrected chi connectivity index (χ2v) is 10.4. The number of nitrogens with zero attached hydrogens (tertiary/aromatic N) is 2. The Balaban J connectivity index is 1.33. The van der Waals surface area contributed by atoms with Gasteiger partial charge in [0, 0.05) is 58.5 Å². The smallest absolute Gasteiger partial charge is 0.260 e. The number of rotatable bonds is 8. The number of nitrogens with one attached hydrogen (secondary N) is 3. The van der Waals surface area contributed by atoms with Crippen molar-refractivity contribution < 1.29 is 9.59 Å². The topological polar surface area (TPSA) is 76.7 Å². The summed E-state index contributed by atoms with van der Waals surface area (Å²) in [6, 6.07) is 13.8. The number of carbonyl (C=O) groups excluding carboxylic acids is 2. The van der Waals surface area contributed by atoms with Gasteiger partial charge in [-0.1, -0.05) is 0 Å². The van der Waals surface area contributed by atoms with Crippen molar-refractivity contribution in [1.29, 1.82) is 0 Å². The summed E-state index contributed by atoms with van der Waals surface area (Å²) in [4.78, 5) is 29.2. The van der Waals surface area contributed by atoms with Gasteiger partial charge in [-0.15, -0.1) is 0 Å². The van der Waals surface area contributed by atoms with Crippen LogP contribution in [0, 0.1) is 9.49 Å². The second-order valence-electron chi connectivity index (χ2n) is 9.16. The molecule has 2 amide bonds. The van der Waals surface area contributed by atoms with Crippen LogP contribution in [-0.4, -0.2) is 63.5 Å². The number of halogens is 1. The van der Waals surface area contributed by atoms with Crippen LogP contribution in [0.25, 0.3) is 5.57 Å². The SMILES string of the molecule is CN(C)CCNCC1CCN(c2ccc(NC=C3C(=O)NC(=O)c4ccc(I)cc43)cc2)CC1. The zero-order valence-electron chi connectivity index (χ0n) is 19.7. The van der Waals surface area contributed by atoms with E-state index in [0.717, 1.165) is 47.9 Å². The molecule has 0 radical (unpaired) electrons. The summed E-state index contributed by atoms with van der Waals surface area (Å²) < 4.78 is 0.974. The van der Waals surface area contributed by atoms with Gasteiger partial charge in [0.1, 0.15) is 0 Å². The lowest BCUT2D eigenvalue weighted by atomic mass is 9.95. The minimum Gasteiger partial charge on any atom is -0.372 e. The third-order valence-electron chi connectivity index (χ3n) is 6.39. The van der Waals surface area contributed by atoms with Gasteiger partial charge in [0.05, 0.1) is 5.57 Å². The molecule has 8 heteroatoms. The Bertz CT molecular complexity index is 1060. The molecule has 0 unspecified atom stereocenters. The summed E-state index contributed by atoms with van der Waals surface area (Å²) in [6.45, 7) is 5.35. The molecule has 0 atom stereocenters. The fourth-order valence-electron chi connectivity index (χ4n) is 4.37. The molecule has 2 aromatic rings. The van der Waals surface area contributed by atoms with Crippen LogP contribution in [0.2, 0.25) is 0 Å². The number of imide groups is 1. The maximum absolute atomic E-state index is 12.4. The monoisotopic (exact) mass is 573 g/mol. The van der Waals surface area contributed by atoms with Gasteiger partial charge in [0.15, 0.2) is 0 Å². The summed E-state index contributed by atoms with van der Waals surface area (Å²) in [7, 11) is 4.21. The molecule has 0 aromatic heterocycles. The van der Waals surface area contributed by atoms with E-state index in [1.54, 1.807) is 12.3 Å². The molecular weight excluding hydrogens is 541 g/mol. The minimum atomic E-state index is -0.386. The molecule has 2 aliphatic heterocycles. The number of hydrogen-bond acceptors (Lipinski definition) is 6. The van der Waals surface area contributed by atoms with Gasteiger partial charge in [-0.05, 0) is 104 Å². The molecule has 180 valence electrons. The van der Waals surface area contributed by atoms with E-state index in [1.807, 2.05) is 24.3 Å². The van der Waals surface area contributed by atoms with Crippen molar-refractivity contribution in [2.45, 2.75) is 12.8 Å². The van der Waals surface area contributed by atoms with Crippen LogP contribution in [0.15, 0.2) is 48.7 Å². The van der Waals surface area contributed by atoms with Gasteiger partial charge in [-0.2, -0.15) is 0 Å². The molecule has 0 spiro atoms. The predicted octanol–water partition coefficient (Wildman–Crippen LogP) is 3.38. The van der Waals surface area contributed by atoms with Crippen molar-refractivity contribution in [3.63, 3.8) is 0 Å². The van der Waals surface area contributed by atoms with Crippen molar-refractivity contribution in [2.24, 2.45) is 5.92 Å². The van der Waals surface area contributed by atoms with Crippen molar-refractivity contribution in [3.05, 3.63) is 63.4 Å². The Morgan fingerprint density at radius 3 is 2.50 bits per heavy atom. The fourth-order valence-corrected chi connectivity index (χ4v) is 4.86. The number of hydrogen-bond donors (Lipinski definition) is 3. The maximum atomic E-state index is 12.4. The van der Waals surface area contributed by atoms with Crippen molar-refractivity contribution in [2.75, 3.05) is 57.0 Å². The van der Waals surface area contributed by atoms with Crippen LogP contribution in [0.4, 0.5) is 11.4 Å². The lowest BCUT2D eigenvalue weighted by molar-refractivity contribution is -0.114. The highest BCUT2D eigenvalue weighted by Gasteiger charge is 2.27. The molecule has 34 heavy (non-hydrogen) atoms. The first-order chi connectivity index (χ1) is 16.4. The van der Waals surface area contributed by atoms with E-state index in [2.05, 4.69) is 74.6 Å². The number of likely N-dealkylation sites (N-methyl/N-ethyl adjacent to an activating group) is 1. The van der Waals surface area contributed by atoms with E-state index in [1.165, 1.54) is 18.5 Å². The average Bonchev–Trinajstić information content (AvgIpc) is 2.82. The molecule has 2 heterocycles. The van der Waals surface area contributed by atoms with Gasteiger partial charge in [-0.3, -0.25) is 14.9 Å². The lowest BCUT2D eigenvalue weighted by Crippen LogP contribution is -2.38. The summed E-state index contributed by atoms with van der Waals surface area (Å²) >= 11 is 2.19. The highest BCUT2D eigenvalue weighted by molar-refractivity contribution is 14.1. The first kappa shape index (κ1) is 24.7. The third kappa shape index (κ3) is 6.17. The molecule has 0 bridgehead atoms. The van der Waals surface area contributed by atoms with E-state index >= 15 is 0 Å². The standard InChI is InChI=1S/C26H32IN5O2/c1-31(2)14-11-28-16-18-9-12-32(13-10-18)21-6-4-20(5-7-21)29-17-24-23-15-19(27)3-8-22(23)25(33)30-26(24)34/h3-8,15,17-18,28-29H,9-14,16H2,1-2H3,(H,30,33,34). The summed E-state index contributed by atoms with van der Waals surface area (Å²) in [5.41, 5.74) is 3.74. The molecule has 2 aliphatic rings. The van der Waals surface area contributed by atoms with Gasteiger partial charge in [-0.25, -0.2) is 0 Å². The van der Waals surface area contributed by atoms with Crippen LogP contribution < -0.4 is 20.9 Å². The molecule has 3 N–H and O–H groups in total. The van der Waals surface area contributed by atoms with Gasteiger partial charge in [0.25, 0.3) is 11.8 Å². The highest BCUT2D eigenvalue weighted by Crippen LogP contribution is 2.27. The lowest BCUT2D eigenvalue weighted by Gasteiger charge is -2.34. The highest BCUT2D eigenvalue weighted by atomic mass is 127. The van der Waals surface area contributed by atoms with E-state index in [9.17, 15) is 9.59 Å². The minimum absolute atomic E-state index is 0.356. The number of anilines is 2. The number of fused-ring (bicyclic) bond motifs is 1. The first-order valence-corrected chi connectivity index (χ1v) is 12.8. The molecule has 0 aliphatic carbocycles. The fraction of sp³-hybridized carbons (Fsp3) is 0.385.